The second-order valence-corrected chi connectivity index (χ2v) is 4.34. The van der Waals surface area contributed by atoms with Crippen molar-refractivity contribution in [3.05, 3.63) is 34.2 Å². The first kappa shape index (κ1) is 10.6. The molecule has 0 aromatic carbocycles. The molecule has 0 atom stereocenters. The van der Waals surface area contributed by atoms with Gasteiger partial charge in [-0.25, -0.2) is 9.78 Å². The van der Waals surface area contributed by atoms with Crippen LogP contribution in [0.2, 0.25) is 0 Å². The third-order valence-corrected chi connectivity index (χ3v) is 3.17. The molecule has 0 unspecified atom stereocenters. The van der Waals surface area contributed by atoms with Crippen molar-refractivity contribution in [3.8, 4) is 11.1 Å². The Morgan fingerprint density at radius 3 is 2.81 bits per heavy atom. The van der Waals surface area contributed by atoms with Crippen molar-refractivity contribution >= 4 is 23.1 Å². The molecule has 2 rings (SSSR count). The summed E-state index contributed by atoms with van der Waals surface area (Å²) < 4.78 is 0. The Morgan fingerprint density at radius 2 is 2.25 bits per heavy atom. The molecule has 16 heavy (non-hydrogen) atoms. The second kappa shape index (κ2) is 3.94. The predicted octanol–water partition coefficient (Wildman–Crippen LogP) is 2.40. The number of aryl methyl sites for hydroxylation is 1. The van der Waals surface area contributed by atoms with Crippen LogP contribution in [0.5, 0.6) is 0 Å². The maximum absolute atomic E-state index is 10.8. The van der Waals surface area contributed by atoms with Gasteiger partial charge in [-0.05, 0) is 35.6 Å². The number of aromatic carboxylic acids is 1. The Bertz CT molecular complexity index is 549. The highest BCUT2D eigenvalue weighted by atomic mass is 32.1. The molecular weight excluding hydrogens is 224 g/mol. The van der Waals surface area contributed by atoms with Gasteiger partial charge in [0.1, 0.15) is 10.7 Å². The second-order valence-electron chi connectivity index (χ2n) is 3.43. The number of carboxylic acids is 1. The van der Waals surface area contributed by atoms with E-state index in [4.69, 9.17) is 10.8 Å². The van der Waals surface area contributed by atoms with Crippen molar-refractivity contribution < 1.29 is 9.90 Å². The molecule has 0 saturated carbocycles. The third kappa shape index (κ3) is 1.90. The first-order chi connectivity index (χ1) is 7.58. The molecule has 2 aromatic rings. The van der Waals surface area contributed by atoms with Gasteiger partial charge in [-0.2, -0.15) is 0 Å². The van der Waals surface area contributed by atoms with Crippen LogP contribution < -0.4 is 5.73 Å². The number of hydrogen-bond donors (Lipinski definition) is 2. The van der Waals surface area contributed by atoms with E-state index in [0.29, 0.717) is 10.7 Å². The standard InChI is InChI=1S/C11H10N2O2S/c1-6-2-10(12)13-4-8(6)7-3-9(11(14)15)16-5-7/h2-5H,1H3,(H2,12,13)(H,14,15). The van der Waals surface area contributed by atoms with Crippen molar-refractivity contribution in [2.24, 2.45) is 0 Å². The molecule has 0 aliphatic heterocycles. The lowest BCUT2D eigenvalue weighted by Crippen LogP contribution is -1.92. The average Bonchev–Trinajstić information content (AvgIpc) is 2.66. The summed E-state index contributed by atoms with van der Waals surface area (Å²) in [6.07, 6.45) is 1.67. The molecule has 82 valence electrons. The lowest BCUT2D eigenvalue weighted by molar-refractivity contribution is 0.0702. The number of pyridine rings is 1. The highest BCUT2D eigenvalue weighted by molar-refractivity contribution is 7.12. The zero-order valence-corrected chi connectivity index (χ0v) is 9.41. The molecule has 5 heteroatoms. The van der Waals surface area contributed by atoms with E-state index in [0.717, 1.165) is 16.7 Å². The molecule has 0 spiro atoms. The summed E-state index contributed by atoms with van der Waals surface area (Å²) in [4.78, 5) is 15.1. The normalized spacial score (nSPS) is 10.3. The van der Waals surface area contributed by atoms with E-state index in [-0.39, 0.29) is 0 Å². The van der Waals surface area contributed by atoms with Crippen molar-refractivity contribution in [2.75, 3.05) is 5.73 Å². The number of carbonyl (C=O) groups is 1. The Labute approximate surface area is 96.4 Å². The third-order valence-electron chi connectivity index (χ3n) is 2.25. The minimum Gasteiger partial charge on any atom is -0.477 e. The number of thiophene rings is 1. The number of nitrogen functional groups attached to an aromatic ring is 1. The van der Waals surface area contributed by atoms with Crippen LogP contribution in [-0.4, -0.2) is 16.1 Å². The molecule has 2 heterocycles. The smallest absolute Gasteiger partial charge is 0.345 e. The summed E-state index contributed by atoms with van der Waals surface area (Å²) in [5.74, 6) is -0.438. The van der Waals surface area contributed by atoms with Crippen molar-refractivity contribution in [3.63, 3.8) is 0 Å². The summed E-state index contributed by atoms with van der Waals surface area (Å²) in [6.45, 7) is 1.92. The summed E-state index contributed by atoms with van der Waals surface area (Å²) in [7, 11) is 0. The Kier molecular flexibility index (Phi) is 2.62. The maximum Gasteiger partial charge on any atom is 0.345 e. The number of nitrogens with zero attached hydrogens (tertiary/aromatic N) is 1. The minimum absolute atomic E-state index is 0.325. The van der Waals surface area contributed by atoms with Gasteiger partial charge in [0.25, 0.3) is 0 Å². The topological polar surface area (TPSA) is 76.2 Å². The van der Waals surface area contributed by atoms with Gasteiger partial charge in [-0.3, -0.25) is 0 Å². The highest BCUT2D eigenvalue weighted by Gasteiger charge is 2.10. The number of anilines is 1. The van der Waals surface area contributed by atoms with E-state index in [1.54, 1.807) is 18.3 Å². The predicted molar refractivity (Wildman–Crippen MR) is 63.7 cm³/mol. The lowest BCUT2D eigenvalue weighted by Gasteiger charge is -2.03. The first-order valence-corrected chi connectivity index (χ1v) is 5.50. The van der Waals surface area contributed by atoms with E-state index in [9.17, 15) is 4.79 Å². The number of hydrogen-bond acceptors (Lipinski definition) is 4. The van der Waals surface area contributed by atoms with E-state index in [2.05, 4.69) is 4.98 Å². The van der Waals surface area contributed by atoms with Crippen molar-refractivity contribution in [2.45, 2.75) is 6.92 Å². The summed E-state index contributed by atoms with van der Waals surface area (Å²) >= 11 is 1.21. The quantitative estimate of drug-likeness (QED) is 0.836. The first-order valence-electron chi connectivity index (χ1n) is 4.62. The lowest BCUT2D eigenvalue weighted by atomic mass is 10.1. The van der Waals surface area contributed by atoms with Gasteiger partial charge in [-0.1, -0.05) is 0 Å². The summed E-state index contributed by atoms with van der Waals surface area (Å²) in [5, 5.41) is 10.6. The molecular formula is C11H10N2O2S. The van der Waals surface area contributed by atoms with Gasteiger partial charge in [0.2, 0.25) is 0 Å². The monoisotopic (exact) mass is 234 g/mol. The maximum atomic E-state index is 10.8. The molecule has 0 saturated heterocycles. The zero-order chi connectivity index (χ0) is 11.7. The van der Waals surface area contributed by atoms with Gasteiger partial charge >= 0.3 is 5.97 Å². The summed E-state index contributed by atoms with van der Waals surface area (Å²) in [6, 6.07) is 3.42. The highest BCUT2D eigenvalue weighted by Crippen LogP contribution is 2.28. The van der Waals surface area contributed by atoms with Gasteiger partial charge in [0, 0.05) is 11.8 Å². The van der Waals surface area contributed by atoms with Crippen LogP contribution in [0.4, 0.5) is 5.82 Å². The molecule has 0 aliphatic carbocycles. The fourth-order valence-corrected chi connectivity index (χ4v) is 2.21. The van der Waals surface area contributed by atoms with Crippen LogP contribution in [0.3, 0.4) is 0 Å². The Morgan fingerprint density at radius 1 is 1.50 bits per heavy atom. The molecule has 3 N–H and O–H groups in total. The zero-order valence-electron chi connectivity index (χ0n) is 8.60. The van der Waals surface area contributed by atoms with E-state index in [1.807, 2.05) is 12.3 Å². The average molecular weight is 234 g/mol. The largest absolute Gasteiger partial charge is 0.477 e. The minimum atomic E-state index is -0.905. The molecule has 4 nitrogen and oxygen atoms in total. The number of rotatable bonds is 2. The Hall–Kier alpha value is -1.88. The van der Waals surface area contributed by atoms with Crippen molar-refractivity contribution in [1.82, 2.24) is 4.98 Å². The van der Waals surface area contributed by atoms with Crippen LogP contribution in [0.15, 0.2) is 23.7 Å². The number of nitrogens with two attached hydrogens (primary N) is 1. The summed E-state index contributed by atoms with van der Waals surface area (Å²) in [5.41, 5.74) is 8.33. The molecule has 0 fully saturated rings. The van der Waals surface area contributed by atoms with Gasteiger partial charge < -0.3 is 10.8 Å². The number of carboxylic acid groups (broad SMARTS) is 1. The van der Waals surface area contributed by atoms with Gasteiger partial charge in [0.15, 0.2) is 0 Å². The molecule has 0 radical (unpaired) electrons. The van der Waals surface area contributed by atoms with E-state index < -0.39 is 5.97 Å². The fraction of sp³-hybridized carbons (Fsp3) is 0.0909. The molecule has 0 amide bonds. The van der Waals surface area contributed by atoms with Crippen LogP contribution in [0.25, 0.3) is 11.1 Å². The van der Waals surface area contributed by atoms with E-state index >= 15 is 0 Å². The SMILES string of the molecule is Cc1cc(N)ncc1-c1csc(C(=O)O)c1. The Balaban J connectivity index is 2.46. The van der Waals surface area contributed by atoms with Crippen LogP contribution in [0.1, 0.15) is 15.2 Å². The molecule has 0 bridgehead atoms. The van der Waals surface area contributed by atoms with Gasteiger partial charge in [0.05, 0.1) is 0 Å². The van der Waals surface area contributed by atoms with Crippen LogP contribution in [-0.2, 0) is 0 Å². The van der Waals surface area contributed by atoms with Crippen LogP contribution >= 0.6 is 11.3 Å². The van der Waals surface area contributed by atoms with Gasteiger partial charge in [-0.15, -0.1) is 11.3 Å². The van der Waals surface area contributed by atoms with Crippen molar-refractivity contribution in [1.29, 1.82) is 0 Å². The van der Waals surface area contributed by atoms with E-state index in [1.165, 1.54) is 11.3 Å². The fourth-order valence-electron chi connectivity index (χ4n) is 1.47. The molecule has 2 aromatic heterocycles. The molecule has 0 aliphatic rings. The van der Waals surface area contributed by atoms with Crippen LogP contribution in [0, 0.1) is 6.92 Å². The number of aromatic nitrogens is 1.